The van der Waals surface area contributed by atoms with E-state index < -0.39 is 17.5 Å². The van der Waals surface area contributed by atoms with E-state index >= 15 is 0 Å². The number of rotatable bonds is 10. The number of carbonyl (C=O) groups is 3. The van der Waals surface area contributed by atoms with Crippen molar-refractivity contribution in [2.75, 3.05) is 6.54 Å². The van der Waals surface area contributed by atoms with E-state index in [0.717, 1.165) is 24.2 Å². The number of hydrogen-bond acceptors (Lipinski definition) is 3. The second kappa shape index (κ2) is 9.90. The van der Waals surface area contributed by atoms with Gasteiger partial charge >= 0.3 is 6.03 Å². The molecule has 1 fully saturated rings. The molecule has 2 rings (SSSR count). The minimum atomic E-state index is -1.15. The van der Waals surface area contributed by atoms with Crippen LogP contribution >= 0.6 is 0 Å². The highest BCUT2D eigenvalue weighted by atomic mass is 16.2. The van der Waals surface area contributed by atoms with E-state index in [4.69, 9.17) is 0 Å². The molecule has 6 nitrogen and oxygen atoms in total. The van der Waals surface area contributed by atoms with Gasteiger partial charge in [0.1, 0.15) is 12.1 Å². The summed E-state index contributed by atoms with van der Waals surface area (Å²) in [5.41, 5.74) is 0.726. The first-order valence-corrected chi connectivity index (χ1v) is 10.7. The van der Waals surface area contributed by atoms with Crippen LogP contribution < -0.4 is 10.6 Å². The molecule has 0 aromatic heterocycles. The highest BCUT2D eigenvalue weighted by Crippen LogP contribution is 2.29. The summed E-state index contributed by atoms with van der Waals surface area (Å²) in [6.45, 7) is 9.75. The number of amides is 4. The molecule has 29 heavy (non-hydrogen) atoms. The van der Waals surface area contributed by atoms with E-state index in [1.807, 2.05) is 31.2 Å². The van der Waals surface area contributed by atoms with Crippen LogP contribution in [-0.2, 0) is 15.1 Å². The summed E-state index contributed by atoms with van der Waals surface area (Å²) in [5, 5.41) is 5.66. The summed E-state index contributed by atoms with van der Waals surface area (Å²) in [6.07, 6.45) is 5.47. The Morgan fingerprint density at radius 2 is 1.76 bits per heavy atom. The van der Waals surface area contributed by atoms with Crippen molar-refractivity contribution in [3.63, 3.8) is 0 Å². The highest BCUT2D eigenvalue weighted by Gasteiger charge is 2.49. The molecule has 2 atom stereocenters. The zero-order chi connectivity index (χ0) is 21.6. The number of nitrogens with zero attached hydrogens (tertiary/aromatic N) is 1. The molecule has 0 unspecified atom stereocenters. The molecule has 1 aliphatic rings. The van der Waals surface area contributed by atoms with Gasteiger partial charge in [-0.3, -0.25) is 14.5 Å². The third kappa shape index (κ3) is 5.58. The fourth-order valence-corrected chi connectivity index (χ4v) is 3.65. The normalized spacial score (nSPS) is 20.1. The molecule has 0 radical (unpaired) electrons. The lowest BCUT2D eigenvalue weighted by atomic mass is 9.90. The van der Waals surface area contributed by atoms with Crippen LogP contribution in [-0.4, -0.2) is 35.3 Å². The topological polar surface area (TPSA) is 78.5 Å². The molecular weight excluding hydrogens is 366 g/mol. The molecule has 160 valence electrons. The minimum Gasteiger partial charge on any atom is -0.352 e. The average Bonchev–Trinajstić information content (AvgIpc) is 2.89. The Kier molecular flexibility index (Phi) is 7.82. The lowest BCUT2D eigenvalue weighted by Gasteiger charge is -2.23. The summed E-state index contributed by atoms with van der Waals surface area (Å²) >= 11 is 0. The first-order valence-electron chi connectivity index (χ1n) is 10.7. The largest absolute Gasteiger partial charge is 0.352 e. The van der Waals surface area contributed by atoms with Crippen LogP contribution in [0.15, 0.2) is 24.3 Å². The van der Waals surface area contributed by atoms with E-state index in [2.05, 4.69) is 31.4 Å². The number of nitrogens with one attached hydrogen (secondary N) is 2. The Bertz CT molecular complexity index is 729. The highest BCUT2D eigenvalue weighted by molar-refractivity contribution is 6.09. The van der Waals surface area contributed by atoms with Crippen LogP contribution in [0.1, 0.15) is 83.8 Å². The summed E-state index contributed by atoms with van der Waals surface area (Å²) in [4.78, 5) is 38.8. The van der Waals surface area contributed by atoms with Gasteiger partial charge in [-0.1, -0.05) is 70.7 Å². The Hall–Kier alpha value is -2.37. The molecule has 6 heteroatoms. The van der Waals surface area contributed by atoms with Crippen LogP contribution in [0.2, 0.25) is 0 Å². The van der Waals surface area contributed by atoms with Gasteiger partial charge in [0.05, 0.1) is 0 Å². The SMILES string of the molecule is CCCCCC[C@@H](C)NC(=O)CN1C(=O)N[C@@](C)(c2ccc(C(C)C)cc2)C1=O. The van der Waals surface area contributed by atoms with E-state index in [0.29, 0.717) is 11.5 Å². The van der Waals surface area contributed by atoms with Gasteiger partial charge in [-0.2, -0.15) is 0 Å². The maximum Gasteiger partial charge on any atom is 0.325 e. The predicted molar refractivity (Wildman–Crippen MR) is 114 cm³/mol. The Morgan fingerprint density at radius 1 is 1.10 bits per heavy atom. The average molecular weight is 402 g/mol. The first kappa shape index (κ1) is 22.9. The molecule has 1 saturated heterocycles. The second-order valence-electron chi connectivity index (χ2n) is 8.54. The molecule has 0 aliphatic carbocycles. The number of hydrogen-bond donors (Lipinski definition) is 2. The lowest BCUT2D eigenvalue weighted by molar-refractivity contribution is -0.135. The molecule has 0 bridgehead atoms. The number of imide groups is 1. The van der Waals surface area contributed by atoms with Gasteiger partial charge in [-0.25, -0.2) is 4.79 Å². The van der Waals surface area contributed by atoms with Crippen LogP contribution in [0.25, 0.3) is 0 Å². The van der Waals surface area contributed by atoms with E-state index in [-0.39, 0.29) is 18.5 Å². The summed E-state index contributed by atoms with van der Waals surface area (Å²) < 4.78 is 0. The van der Waals surface area contributed by atoms with Gasteiger partial charge in [-0.15, -0.1) is 0 Å². The van der Waals surface area contributed by atoms with Crippen LogP contribution in [0.3, 0.4) is 0 Å². The second-order valence-corrected chi connectivity index (χ2v) is 8.54. The third-order valence-electron chi connectivity index (χ3n) is 5.63. The molecule has 1 aliphatic heterocycles. The monoisotopic (exact) mass is 401 g/mol. The third-order valence-corrected chi connectivity index (χ3v) is 5.63. The number of carbonyl (C=O) groups excluding carboxylic acids is 3. The van der Waals surface area contributed by atoms with Crippen molar-refractivity contribution < 1.29 is 14.4 Å². The molecule has 4 amide bonds. The van der Waals surface area contributed by atoms with E-state index in [9.17, 15) is 14.4 Å². The van der Waals surface area contributed by atoms with Crippen molar-refractivity contribution in [1.29, 1.82) is 0 Å². The van der Waals surface area contributed by atoms with Gasteiger partial charge in [0.25, 0.3) is 5.91 Å². The molecule has 0 saturated carbocycles. The zero-order valence-electron chi connectivity index (χ0n) is 18.4. The summed E-state index contributed by atoms with van der Waals surface area (Å²) in [6, 6.07) is 7.18. The fraction of sp³-hybridized carbons (Fsp3) is 0.609. The predicted octanol–water partition coefficient (Wildman–Crippen LogP) is 4.05. The van der Waals surface area contributed by atoms with Gasteiger partial charge < -0.3 is 10.6 Å². The van der Waals surface area contributed by atoms with Gasteiger partial charge in [0.2, 0.25) is 5.91 Å². The van der Waals surface area contributed by atoms with Crippen molar-refractivity contribution in [3.05, 3.63) is 35.4 Å². The Labute approximate surface area is 174 Å². The Balaban J connectivity index is 1.98. The zero-order valence-corrected chi connectivity index (χ0v) is 18.4. The molecule has 1 aromatic carbocycles. The molecule has 1 aromatic rings. The van der Waals surface area contributed by atoms with Crippen LogP contribution in [0, 0.1) is 0 Å². The van der Waals surface area contributed by atoms with Crippen molar-refractivity contribution in [2.45, 2.75) is 84.2 Å². The van der Waals surface area contributed by atoms with Crippen molar-refractivity contribution in [2.24, 2.45) is 0 Å². The lowest BCUT2D eigenvalue weighted by Crippen LogP contribution is -2.45. The Morgan fingerprint density at radius 3 is 2.34 bits per heavy atom. The van der Waals surface area contributed by atoms with Crippen molar-refractivity contribution in [3.8, 4) is 0 Å². The molecule has 1 heterocycles. The maximum absolute atomic E-state index is 13.0. The standard InChI is InChI=1S/C23H35N3O3/c1-6-7-8-9-10-17(4)24-20(27)15-26-21(28)23(5,25-22(26)29)19-13-11-18(12-14-19)16(2)3/h11-14,16-17H,6-10,15H2,1-5H3,(H,24,27)(H,25,29)/t17-,23+/m1/s1. The number of urea groups is 1. The van der Waals surface area contributed by atoms with Gasteiger partial charge in [0, 0.05) is 6.04 Å². The first-order chi connectivity index (χ1) is 13.7. The smallest absolute Gasteiger partial charge is 0.325 e. The fourth-order valence-electron chi connectivity index (χ4n) is 3.65. The maximum atomic E-state index is 13.0. The molecule has 0 spiro atoms. The van der Waals surface area contributed by atoms with Gasteiger partial charge in [0.15, 0.2) is 0 Å². The number of unbranched alkanes of at least 4 members (excludes halogenated alkanes) is 3. The van der Waals surface area contributed by atoms with E-state index in [1.165, 1.54) is 18.4 Å². The van der Waals surface area contributed by atoms with Crippen LogP contribution in [0.5, 0.6) is 0 Å². The quantitative estimate of drug-likeness (QED) is 0.458. The molecular formula is C23H35N3O3. The van der Waals surface area contributed by atoms with Crippen LogP contribution in [0.4, 0.5) is 4.79 Å². The number of benzene rings is 1. The van der Waals surface area contributed by atoms with Crippen molar-refractivity contribution >= 4 is 17.8 Å². The van der Waals surface area contributed by atoms with E-state index in [1.54, 1.807) is 6.92 Å². The van der Waals surface area contributed by atoms with Crippen molar-refractivity contribution in [1.82, 2.24) is 15.5 Å². The van der Waals surface area contributed by atoms with Gasteiger partial charge in [-0.05, 0) is 37.3 Å². The summed E-state index contributed by atoms with van der Waals surface area (Å²) in [7, 11) is 0. The molecule has 2 N–H and O–H groups in total. The minimum absolute atomic E-state index is 0.0232. The summed E-state index contributed by atoms with van der Waals surface area (Å²) in [5.74, 6) is -0.323.